The first-order valence-electron chi connectivity index (χ1n) is 6.38. The maximum absolute atomic E-state index is 9.26. The Kier molecular flexibility index (Phi) is 6.01. The zero-order valence-corrected chi connectivity index (χ0v) is 11.1. The molecule has 1 aromatic rings. The summed E-state index contributed by atoms with van der Waals surface area (Å²) in [5.74, 6) is 0.328. The van der Waals surface area contributed by atoms with Crippen LogP contribution in [0.2, 0.25) is 0 Å². The Morgan fingerprint density at radius 2 is 1.88 bits per heavy atom. The molecule has 1 unspecified atom stereocenters. The largest absolute Gasteiger partial charge is 0.508 e. The van der Waals surface area contributed by atoms with Crippen LogP contribution in [0.1, 0.15) is 31.9 Å². The zero-order valence-electron chi connectivity index (χ0n) is 11.1. The van der Waals surface area contributed by atoms with Crippen molar-refractivity contribution >= 4 is 0 Å². The van der Waals surface area contributed by atoms with E-state index >= 15 is 0 Å². The normalized spacial score (nSPS) is 12.9. The average molecular weight is 236 g/mol. The van der Waals surface area contributed by atoms with Crippen LogP contribution in [0.15, 0.2) is 24.3 Å². The van der Waals surface area contributed by atoms with Crippen LogP contribution in [-0.2, 0) is 0 Å². The van der Waals surface area contributed by atoms with Crippen LogP contribution in [0.5, 0.6) is 5.75 Å². The van der Waals surface area contributed by atoms with Gasteiger partial charge in [-0.1, -0.05) is 26.0 Å². The molecule has 0 heterocycles. The monoisotopic (exact) mass is 236 g/mol. The summed E-state index contributed by atoms with van der Waals surface area (Å²) in [6.45, 7) is 7.47. The number of benzene rings is 1. The molecule has 0 fully saturated rings. The van der Waals surface area contributed by atoms with Gasteiger partial charge in [-0.15, -0.1) is 0 Å². The summed E-state index contributed by atoms with van der Waals surface area (Å²) in [6.07, 6.45) is 1.06. The lowest BCUT2D eigenvalue weighted by atomic mass is 10.0. The number of rotatable bonds is 7. The van der Waals surface area contributed by atoms with E-state index in [4.69, 9.17) is 0 Å². The molecule has 1 atom stereocenters. The molecule has 96 valence electrons. The molecule has 0 saturated heterocycles. The molecule has 0 spiro atoms. The lowest BCUT2D eigenvalue weighted by molar-refractivity contribution is 0.338. The van der Waals surface area contributed by atoms with Gasteiger partial charge in [0.25, 0.3) is 0 Å². The minimum Gasteiger partial charge on any atom is -0.508 e. The van der Waals surface area contributed by atoms with Crippen LogP contribution in [0, 0.1) is 0 Å². The van der Waals surface area contributed by atoms with Crippen molar-refractivity contribution in [1.29, 1.82) is 0 Å². The number of nitrogens with zero attached hydrogens (tertiary/aromatic N) is 1. The number of phenolic OH excluding ortho intramolecular Hbond substituents is 1. The highest BCUT2D eigenvalue weighted by Gasteiger charge is 2.08. The quantitative estimate of drug-likeness (QED) is 0.763. The standard InChI is InChI=1S/C14H24N2O/c1-4-14(15-10-11-16(3)5-2)12-6-8-13(17)9-7-12/h6-9,14-15,17H,4-5,10-11H2,1-3H3. The van der Waals surface area contributed by atoms with Gasteiger partial charge in [-0.25, -0.2) is 0 Å². The molecule has 0 aliphatic carbocycles. The third-order valence-corrected chi connectivity index (χ3v) is 3.13. The highest BCUT2D eigenvalue weighted by atomic mass is 16.3. The first-order chi connectivity index (χ1) is 8.17. The van der Waals surface area contributed by atoms with Gasteiger partial charge >= 0.3 is 0 Å². The Morgan fingerprint density at radius 1 is 1.24 bits per heavy atom. The van der Waals surface area contributed by atoms with Crippen molar-refractivity contribution in [3.05, 3.63) is 29.8 Å². The fourth-order valence-corrected chi connectivity index (χ4v) is 1.79. The average Bonchev–Trinajstić information content (AvgIpc) is 2.35. The fourth-order valence-electron chi connectivity index (χ4n) is 1.79. The van der Waals surface area contributed by atoms with Gasteiger partial charge in [-0.3, -0.25) is 0 Å². The van der Waals surface area contributed by atoms with Gasteiger partial charge < -0.3 is 15.3 Å². The number of likely N-dealkylation sites (N-methyl/N-ethyl adjacent to an activating group) is 1. The van der Waals surface area contributed by atoms with Crippen molar-refractivity contribution in [2.45, 2.75) is 26.3 Å². The van der Waals surface area contributed by atoms with E-state index in [0.29, 0.717) is 11.8 Å². The molecule has 2 N–H and O–H groups in total. The van der Waals surface area contributed by atoms with E-state index in [2.05, 4.69) is 31.1 Å². The van der Waals surface area contributed by atoms with Gasteiger partial charge in [0.15, 0.2) is 0 Å². The van der Waals surface area contributed by atoms with E-state index < -0.39 is 0 Å². The van der Waals surface area contributed by atoms with Crippen molar-refractivity contribution < 1.29 is 5.11 Å². The van der Waals surface area contributed by atoms with Crippen molar-refractivity contribution in [2.75, 3.05) is 26.7 Å². The van der Waals surface area contributed by atoms with E-state index in [0.717, 1.165) is 26.1 Å². The second-order valence-corrected chi connectivity index (χ2v) is 4.40. The SMILES string of the molecule is CCC(NCCN(C)CC)c1ccc(O)cc1. The second-order valence-electron chi connectivity index (χ2n) is 4.40. The van der Waals surface area contributed by atoms with Gasteiger partial charge in [-0.2, -0.15) is 0 Å². The molecule has 0 saturated carbocycles. The number of nitrogens with one attached hydrogen (secondary N) is 1. The van der Waals surface area contributed by atoms with E-state index in [9.17, 15) is 5.11 Å². The summed E-state index contributed by atoms with van der Waals surface area (Å²) in [5.41, 5.74) is 1.24. The molecule has 1 rings (SSSR count). The van der Waals surface area contributed by atoms with Crippen LogP contribution >= 0.6 is 0 Å². The van der Waals surface area contributed by atoms with Gasteiger partial charge in [-0.05, 0) is 37.7 Å². The minimum atomic E-state index is 0.328. The predicted molar refractivity (Wildman–Crippen MR) is 72.3 cm³/mol. The summed E-state index contributed by atoms with van der Waals surface area (Å²) in [6, 6.07) is 7.84. The third-order valence-electron chi connectivity index (χ3n) is 3.13. The van der Waals surface area contributed by atoms with Crippen molar-refractivity contribution in [2.24, 2.45) is 0 Å². The van der Waals surface area contributed by atoms with E-state index in [-0.39, 0.29) is 0 Å². The Morgan fingerprint density at radius 3 is 2.41 bits per heavy atom. The topological polar surface area (TPSA) is 35.5 Å². The van der Waals surface area contributed by atoms with E-state index in [1.165, 1.54) is 5.56 Å². The van der Waals surface area contributed by atoms with E-state index in [1.807, 2.05) is 12.1 Å². The van der Waals surface area contributed by atoms with E-state index in [1.54, 1.807) is 12.1 Å². The van der Waals surface area contributed by atoms with Crippen LogP contribution in [0.3, 0.4) is 0 Å². The molecular weight excluding hydrogens is 212 g/mol. The Labute approximate surface area is 104 Å². The van der Waals surface area contributed by atoms with Gasteiger partial charge in [0.2, 0.25) is 0 Å². The molecule has 0 aliphatic rings. The number of phenols is 1. The summed E-state index contributed by atoms with van der Waals surface area (Å²) in [7, 11) is 2.13. The first-order valence-corrected chi connectivity index (χ1v) is 6.38. The van der Waals surface area contributed by atoms with Crippen LogP contribution in [0.25, 0.3) is 0 Å². The Bertz CT molecular complexity index is 311. The fraction of sp³-hybridized carbons (Fsp3) is 0.571. The van der Waals surface area contributed by atoms with Crippen LogP contribution in [0.4, 0.5) is 0 Å². The number of hydrogen-bond donors (Lipinski definition) is 2. The molecule has 3 heteroatoms. The number of hydrogen-bond acceptors (Lipinski definition) is 3. The van der Waals surface area contributed by atoms with Crippen molar-refractivity contribution in [3.8, 4) is 5.75 Å². The van der Waals surface area contributed by atoms with Crippen LogP contribution < -0.4 is 5.32 Å². The predicted octanol–water partition coefficient (Wildman–Crippen LogP) is 2.38. The summed E-state index contributed by atoms with van der Waals surface area (Å²) in [5, 5.41) is 12.8. The highest BCUT2D eigenvalue weighted by molar-refractivity contribution is 5.27. The molecule has 0 aromatic heterocycles. The molecular formula is C14H24N2O. The number of aromatic hydroxyl groups is 1. The minimum absolute atomic E-state index is 0.328. The van der Waals surface area contributed by atoms with Crippen molar-refractivity contribution in [3.63, 3.8) is 0 Å². The Hall–Kier alpha value is -1.06. The van der Waals surface area contributed by atoms with Crippen LogP contribution in [-0.4, -0.2) is 36.7 Å². The third kappa shape index (κ3) is 4.75. The summed E-state index contributed by atoms with van der Waals surface area (Å²) >= 11 is 0. The van der Waals surface area contributed by atoms with Gasteiger partial charge in [0.05, 0.1) is 0 Å². The summed E-state index contributed by atoms with van der Waals surface area (Å²) < 4.78 is 0. The smallest absolute Gasteiger partial charge is 0.115 e. The van der Waals surface area contributed by atoms with Crippen molar-refractivity contribution in [1.82, 2.24) is 10.2 Å². The first kappa shape index (κ1) is 14.0. The second kappa shape index (κ2) is 7.30. The molecule has 0 bridgehead atoms. The molecule has 1 aromatic carbocycles. The maximum atomic E-state index is 9.26. The lowest BCUT2D eigenvalue weighted by Crippen LogP contribution is -2.31. The molecule has 0 aliphatic heterocycles. The zero-order chi connectivity index (χ0) is 12.7. The Balaban J connectivity index is 2.45. The molecule has 3 nitrogen and oxygen atoms in total. The maximum Gasteiger partial charge on any atom is 0.115 e. The highest BCUT2D eigenvalue weighted by Crippen LogP contribution is 2.19. The molecule has 0 amide bonds. The lowest BCUT2D eigenvalue weighted by Gasteiger charge is -2.20. The molecule has 17 heavy (non-hydrogen) atoms. The summed E-state index contributed by atoms with van der Waals surface area (Å²) in [4.78, 5) is 2.29. The molecule has 0 radical (unpaired) electrons. The van der Waals surface area contributed by atoms with Gasteiger partial charge in [0.1, 0.15) is 5.75 Å². The van der Waals surface area contributed by atoms with Gasteiger partial charge in [0, 0.05) is 19.1 Å².